The standard InChI is InChI=1S/C19H14ClN3OS/c1-11-21-16(10-25-11)12-6-8-13(9-7-12)22-19(24)18-17(20)14-4-2-3-5-15(14)23-18/h2-10,23H,1H3,(H,22,24). The molecule has 2 N–H and O–H groups in total. The summed E-state index contributed by atoms with van der Waals surface area (Å²) in [6.45, 7) is 1.98. The largest absolute Gasteiger partial charge is 0.349 e. The van der Waals surface area contributed by atoms with E-state index in [1.54, 1.807) is 11.3 Å². The average molecular weight is 368 g/mol. The van der Waals surface area contributed by atoms with E-state index < -0.39 is 0 Å². The van der Waals surface area contributed by atoms with Crippen LogP contribution in [0.15, 0.2) is 53.9 Å². The Kier molecular flexibility index (Phi) is 4.03. The van der Waals surface area contributed by atoms with Crippen LogP contribution in [0.4, 0.5) is 5.69 Å². The molecule has 0 saturated heterocycles. The number of anilines is 1. The molecular formula is C19H14ClN3OS. The lowest BCUT2D eigenvalue weighted by Gasteiger charge is -2.05. The number of carbonyl (C=O) groups excluding carboxylic acids is 1. The number of hydrogen-bond donors (Lipinski definition) is 2. The highest BCUT2D eigenvalue weighted by atomic mass is 35.5. The molecule has 124 valence electrons. The van der Waals surface area contributed by atoms with Crippen LogP contribution in [0.3, 0.4) is 0 Å². The first kappa shape index (κ1) is 15.9. The molecule has 4 rings (SSSR count). The third kappa shape index (κ3) is 3.04. The number of hydrogen-bond acceptors (Lipinski definition) is 3. The van der Waals surface area contributed by atoms with Crippen LogP contribution >= 0.6 is 22.9 Å². The number of carbonyl (C=O) groups is 1. The van der Waals surface area contributed by atoms with Gasteiger partial charge in [-0.1, -0.05) is 41.9 Å². The number of nitrogens with zero attached hydrogens (tertiary/aromatic N) is 1. The van der Waals surface area contributed by atoms with E-state index >= 15 is 0 Å². The average Bonchev–Trinajstić information content (AvgIpc) is 3.20. The van der Waals surface area contributed by atoms with Crippen LogP contribution in [0.25, 0.3) is 22.2 Å². The highest BCUT2D eigenvalue weighted by molar-refractivity contribution is 7.09. The van der Waals surface area contributed by atoms with Crippen molar-refractivity contribution in [1.82, 2.24) is 9.97 Å². The zero-order chi connectivity index (χ0) is 17.4. The summed E-state index contributed by atoms with van der Waals surface area (Å²) in [4.78, 5) is 20.1. The SMILES string of the molecule is Cc1nc(-c2ccc(NC(=O)c3[nH]c4ccccc4c3Cl)cc2)cs1. The van der Waals surface area contributed by atoms with E-state index in [1.807, 2.05) is 60.8 Å². The van der Waals surface area contributed by atoms with Crippen molar-refractivity contribution in [3.05, 3.63) is 69.6 Å². The Labute approximate surface area is 153 Å². The van der Waals surface area contributed by atoms with Gasteiger partial charge in [-0.05, 0) is 25.1 Å². The minimum absolute atomic E-state index is 0.265. The van der Waals surface area contributed by atoms with Crippen molar-refractivity contribution < 1.29 is 4.79 Å². The van der Waals surface area contributed by atoms with Crippen LogP contribution in [0.1, 0.15) is 15.5 Å². The van der Waals surface area contributed by atoms with Crippen LogP contribution in [-0.4, -0.2) is 15.9 Å². The van der Waals surface area contributed by atoms with Crippen molar-refractivity contribution in [2.24, 2.45) is 0 Å². The van der Waals surface area contributed by atoms with Crippen LogP contribution in [0.5, 0.6) is 0 Å². The molecule has 2 aromatic heterocycles. The summed E-state index contributed by atoms with van der Waals surface area (Å²) in [6.07, 6.45) is 0. The number of para-hydroxylation sites is 1. The Morgan fingerprint density at radius 1 is 1.16 bits per heavy atom. The predicted octanol–water partition coefficient (Wildman–Crippen LogP) is 5.51. The van der Waals surface area contributed by atoms with Crippen molar-refractivity contribution in [2.45, 2.75) is 6.92 Å². The van der Waals surface area contributed by atoms with Gasteiger partial charge in [0, 0.05) is 27.5 Å². The van der Waals surface area contributed by atoms with Gasteiger partial charge in [0.15, 0.2) is 0 Å². The molecule has 0 bridgehead atoms. The molecule has 0 aliphatic rings. The fraction of sp³-hybridized carbons (Fsp3) is 0.0526. The number of thiazole rings is 1. The molecule has 0 aliphatic carbocycles. The molecule has 4 nitrogen and oxygen atoms in total. The molecule has 6 heteroatoms. The van der Waals surface area contributed by atoms with Crippen molar-refractivity contribution in [2.75, 3.05) is 5.32 Å². The Morgan fingerprint density at radius 2 is 1.92 bits per heavy atom. The summed E-state index contributed by atoms with van der Waals surface area (Å²) < 4.78 is 0. The van der Waals surface area contributed by atoms with Gasteiger partial charge in [-0.2, -0.15) is 0 Å². The van der Waals surface area contributed by atoms with Gasteiger partial charge in [0.2, 0.25) is 0 Å². The Bertz CT molecular complexity index is 1070. The summed E-state index contributed by atoms with van der Waals surface area (Å²) in [7, 11) is 0. The van der Waals surface area contributed by atoms with Crippen molar-refractivity contribution in [1.29, 1.82) is 0 Å². The van der Waals surface area contributed by atoms with Crippen LogP contribution in [0.2, 0.25) is 5.02 Å². The smallest absolute Gasteiger partial charge is 0.273 e. The molecular weight excluding hydrogens is 354 g/mol. The van der Waals surface area contributed by atoms with Crippen molar-refractivity contribution in [3.8, 4) is 11.3 Å². The third-order valence-corrected chi connectivity index (χ3v) is 5.09. The molecule has 25 heavy (non-hydrogen) atoms. The van der Waals surface area contributed by atoms with Crippen LogP contribution < -0.4 is 5.32 Å². The van der Waals surface area contributed by atoms with E-state index in [4.69, 9.17) is 11.6 Å². The van der Waals surface area contributed by atoms with E-state index in [0.717, 1.165) is 27.2 Å². The minimum Gasteiger partial charge on any atom is -0.349 e. The van der Waals surface area contributed by atoms with Gasteiger partial charge in [0.25, 0.3) is 5.91 Å². The number of halogens is 1. The van der Waals surface area contributed by atoms with Crippen molar-refractivity contribution in [3.63, 3.8) is 0 Å². The van der Waals surface area contributed by atoms with E-state index in [-0.39, 0.29) is 5.91 Å². The van der Waals surface area contributed by atoms with Gasteiger partial charge in [-0.15, -0.1) is 11.3 Å². The number of aryl methyl sites for hydroxylation is 1. The summed E-state index contributed by atoms with van der Waals surface area (Å²) in [6, 6.07) is 15.2. The van der Waals surface area contributed by atoms with Gasteiger partial charge < -0.3 is 10.3 Å². The van der Waals surface area contributed by atoms with Gasteiger partial charge >= 0.3 is 0 Å². The van der Waals surface area contributed by atoms with Gasteiger partial charge in [-0.3, -0.25) is 4.79 Å². The number of amides is 1. The van der Waals surface area contributed by atoms with Gasteiger partial charge in [0.05, 0.1) is 15.7 Å². The molecule has 0 fully saturated rings. The lowest BCUT2D eigenvalue weighted by atomic mass is 10.1. The quantitative estimate of drug-likeness (QED) is 0.502. The second kappa shape index (κ2) is 6.35. The van der Waals surface area contributed by atoms with E-state index in [1.165, 1.54) is 0 Å². The number of aromatic amines is 1. The molecule has 0 radical (unpaired) electrons. The molecule has 2 aromatic carbocycles. The molecule has 2 heterocycles. The number of fused-ring (bicyclic) bond motifs is 1. The maximum Gasteiger partial charge on any atom is 0.273 e. The van der Waals surface area contributed by atoms with Crippen LogP contribution in [0, 0.1) is 6.92 Å². The molecule has 4 aromatic rings. The first-order valence-electron chi connectivity index (χ1n) is 7.72. The van der Waals surface area contributed by atoms with Crippen LogP contribution in [-0.2, 0) is 0 Å². The van der Waals surface area contributed by atoms with Gasteiger partial charge in [0.1, 0.15) is 5.69 Å². The first-order valence-corrected chi connectivity index (χ1v) is 8.98. The molecule has 0 spiro atoms. The predicted molar refractivity (Wildman–Crippen MR) is 104 cm³/mol. The fourth-order valence-electron chi connectivity index (χ4n) is 2.68. The highest BCUT2D eigenvalue weighted by Crippen LogP contribution is 2.28. The monoisotopic (exact) mass is 367 g/mol. The molecule has 0 atom stereocenters. The number of benzene rings is 2. The second-order valence-corrected chi connectivity index (χ2v) is 7.08. The molecule has 0 unspecified atom stereocenters. The van der Waals surface area contributed by atoms with Gasteiger partial charge in [-0.25, -0.2) is 4.98 Å². The van der Waals surface area contributed by atoms with E-state index in [9.17, 15) is 4.79 Å². The molecule has 0 aliphatic heterocycles. The maximum atomic E-state index is 12.5. The minimum atomic E-state index is -0.265. The summed E-state index contributed by atoms with van der Waals surface area (Å²) in [5.74, 6) is -0.265. The summed E-state index contributed by atoms with van der Waals surface area (Å²) in [5.41, 5.74) is 3.87. The lowest BCUT2D eigenvalue weighted by Crippen LogP contribution is -2.12. The second-order valence-electron chi connectivity index (χ2n) is 5.64. The Balaban J connectivity index is 1.57. The molecule has 0 saturated carbocycles. The fourth-order valence-corrected chi connectivity index (χ4v) is 3.60. The van der Waals surface area contributed by atoms with Crippen molar-refractivity contribution >= 4 is 45.4 Å². The van der Waals surface area contributed by atoms with E-state index in [2.05, 4.69) is 15.3 Å². The topological polar surface area (TPSA) is 57.8 Å². The number of H-pyrrole nitrogens is 1. The number of nitrogens with one attached hydrogen (secondary N) is 2. The number of rotatable bonds is 3. The zero-order valence-electron chi connectivity index (χ0n) is 13.3. The van der Waals surface area contributed by atoms with E-state index in [0.29, 0.717) is 16.4 Å². The number of aromatic nitrogens is 2. The highest BCUT2D eigenvalue weighted by Gasteiger charge is 2.16. The zero-order valence-corrected chi connectivity index (χ0v) is 14.9. The summed E-state index contributed by atoms with van der Waals surface area (Å²) >= 11 is 7.94. The third-order valence-electron chi connectivity index (χ3n) is 3.93. The lowest BCUT2D eigenvalue weighted by molar-refractivity contribution is 0.102. The summed E-state index contributed by atoms with van der Waals surface area (Å²) in [5, 5.41) is 7.19. The Hall–Kier alpha value is -2.63. The Morgan fingerprint density at radius 3 is 2.60 bits per heavy atom. The normalized spacial score (nSPS) is 11.0. The maximum absolute atomic E-state index is 12.5. The first-order chi connectivity index (χ1) is 12.1. The molecule has 1 amide bonds.